The number of hydrogen-bond donors (Lipinski definition) is 0. The quantitative estimate of drug-likeness (QED) is 0.435. The molecule has 0 rings (SSSR count). The highest BCUT2D eigenvalue weighted by Crippen LogP contribution is 2.16. The van der Waals surface area contributed by atoms with Crippen molar-refractivity contribution in [1.29, 1.82) is 0 Å². The molecule has 0 saturated heterocycles. The van der Waals surface area contributed by atoms with Gasteiger partial charge in [0.1, 0.15) is 0 Å². The van der Waals surface area contributed by atoms with E-state index >= 15 is 0 Å². The Morgan fingerprint density at radius 2 is 1.06 bits per heavy atom. The number of hydrogen-bond acceptors (Lipinski definition) is 5. The van der Waals surface area contributed by atoms with Crippen molar-refractivity contribution in [3.8, 4) is 0 Å². The highest BCUT2D eigenvalue weighted by Gasteiger charge is 2.32. The first-order valence-electron chi connectivity index (χ1n) is 3.64. The Morgan fingerprint density at radius 3 is 1.29 bits per heavy atom. The van der Waals surface area contributed by atoms with E-state index in [1.54, 1.807) is 0 Å². The van der Waals surface area contributed by atoms with E-state index < -0.39 is 37.9 Å². The molecule has 0 aliphatic rings. The lowest BCUT2D eigenvalue weighted by atomic mass is 10.7. The molecule has 11 heteroatoms. The Labute approximate surface area is 89.2 Å². The van der Waals surface area contributed by atoms with Gasteiger partial charge in [0, 0.05) is 0 Å². The Bertz CT molecular complexity index is 254. The molecule has 0 radical (unpaired) electrons. The van der Waals surface area contributed by atoms with Crippen molar-refractivity contribution < 1.29 is 50.1 Å². The molecule has 0 heterocycles. The fourth-order valence-corrected chi connectivity index (χ4v) is 0.467. The molecule has 0 aromatic rings. The van der Waals surface area contributed by atoms with Crippen LogP contribution in [0.2, 0.25) is 0 Å². The smallest absolute Gasteiger partial charge is 0.390 e. The minimum Gasteiger partial charge on any atom is -0.390 e. The standard InChI is InChI=1S/C6H4F6O5/c7-5(8,9)15-1-3(13)17-4(14)2-16-6(10,11)12/h1-2H2. The van der Waals surface area contributed by atoms with Crippen LogP contribution in [0.25, 0.3) is 0 Å². The van der Waals surface area contributed by atoms with Gasteiger partial charge in [0.05, 0.1) is 0 Å². The van der Waals surface area contributed by atoms with Crippen LogP contribution in [0.5, 0.6) is 0 Å². The van der Waals surface area contributed by atoms with Gasteiger partial charge >= 0.3 is 24.7 Å². The van der Waals surface area contributed by atoms with Crippen LogP contribution in [-0.4, -0.2) is 37.9 Å². The number of ether oxygens (including phenoxy) is 3. The van der Waals surface area contributed by atoms with Crippen LogP contribution in [0.1, 0.15) is 0 Å². The van der Waals surface area contributed by atoms with Crippen molar-refractivity contribution in [3.63, 3.8) is 0 Å². The molecule has 0 aliphatic heterocycles. The molecule has 0 spiro atoms. The number of halogens is 6. The van der Waals surface area contributed by atoms with Gasteiger partial charge in [-0.3, -0.25) is 9.47 Å². The third-order valence-corrected chi connectivity index (χ3v) is 0.935. The average Bonchev–Trinajstić information content (AvgIpc) is 2.09. The first-order valence-corrected chi connectivity index (χ1v) is 3.64. The van der Waals surface area contributed by atoms with E-state index in [2.05, 4.69) is 14.2 Å². The molecule has 0 fully saturated rings. The average molecular weight is 270 g/mol. The van der Waals surface area contributed by atoms with Crippen LogP contribution < -0.4 is 0 Å². The van der Waals surface area contributed by atoms with Crippen molar-refractivity contribution in [1.82, 2.24) is 0 Å². The highest BCUT2D eigenvalue weighted by molar-refractivity contribution is 5.86. The number of rotatable bonds is 4. The summed E-state index contributed by atoms with van der Waals surface area (Å²) in [6, 6.07) is 0. The highest BCUT2D eigenvalue weighted by atomic mass is 19.4. The minimum absolute atomic E-state index is 1.65. The summed E-state index contributed by atoms with van der Waals surface area (Å²) in [5.74, 6) is -3.59. The van der Waals surface area contributed by atoms with Gasteiger partial charge in [-0.2, -0.15) is 0 Å². The molecule has 0 saturated carbocycles. The molecule has 0 unspecified atom stereocenters. The monoisotopic (exact) mass is 270 g/mol. The maximum absolute atomic E-state index is 11.4. The normalized spacial score (nSPS) is 12.4. The zero-order chi connectivity index (χ0) is 13.7. The molecular weight excluding hydrogens is 266 g/mol. The molecule has 0 bridgehead atoms. The number of alkyl halides is 6. The maximum Gasteiger partial charge on any atom is 0.523 e. The van der Waals surface area contributed by atoms with Gasteiger partial charge in [-0.25, -0.2) is 9.59 Å². The summed E-state index contributed by atoms with van der Waals surface area (Å²) >= 11 is 0. The second kappa shape index (κ2) is 5.82. The Morgan fingerprint density at radius 1 is 0.765 bits per heavy atom. The Hall–Kier alpha value is -1.36. The van der Waals surface area contributed by atoms with Crippen LogP contribution in [0.15, 0.2) is 0 Å². The van der Waals surface area contributed by atoms with Crippen LogP contribution in [0.4, 0.5) is 26.3 Å². The SMILES string of the molecule is O=C(COC(F)(F)F)OC(=O)COC(F)(F)F. The summed E-state index contributed by atoms with van der Waals surface area (Å²) < 4.78 is 77.6. The molecular formula is C6H4F6O5. The van der Waals surface area contributed by atoms with E-state index in [0.29, 0.717) is 0 Å². The fraction of sp³-hybridized carbons (Fsp3) is 0.667. The van der Waals surface area contributed by atoms with Gasteiger partial charge in [0.15, 0.2) is 13.2 Å². The second-order valence-corrected chi connectivity index (χ2v) is 2.31. The Balaban J connectivity index is 3.86. The van der Waals surface area contributed by atoms with E-state index in [1.165, 1.54) is 0 Å². The molecule has 0 aromatic carbocycles. The van der Waals surface area contributed by atoms with Gasteiger partial charge in [-0.15, -0.1) is 26.3 Å². The van der Waals surface area contributed by atoms with Crippen LogP contribution in [0.3, 0.4) is 0 Å². The van der Waals surface area contributed by atoms with Crippen molar-refractivity contribution >= 4 is 11.9 Å². The summed E-state index contributed by atoms with van der Waals surface area (Å²) in [6.07, 6.45) is -10.2. The third kappa shape index (κ3) is 10.9. The lowest BCUT2D eigenvalue weighted by Crippen LogP contribution is -2.27. The van der Waals surface area contributed by atoms with Gasteiger partial charge in [0.25, 0.3) is 0 Å². The first kappa shape index (κ1) is 15.6. The lowest BCUT2D eigenvalue weighted by molar-refractivity contribution is -0.324. The van der Waals surface area contributed by atoms with Gasteiger partial charge in [-0.1, -0.05) is 0 Å². The molecule has 0 atom stereocenters. The topological polar surface area (TPSA) is 61.8 Å². The van der Waals surface area contributed by atoms with E-state index in [9.17, 15) is 35.9 Å². The summed E-state index contributed by atoms with van der Waals surface area (Å²) in [6.45, 7) is -3.30. The van der Waals surface area contributed by atoms with Crippen molar-refractivity contribution in [2.24, 2.45) is 0 Å². The molecule has 0 aliphatic carbocycles. The van der Waals surface area contributed by atoms with Gasteiger partial charge in [0.2, 0.25) is 0 Å². The molecule has 100 valence electrons. The largest absolute Gasteiger partial charge is 0.523 e. The maximum atomic E-state index is 11.4. The van der Waals surface area contributed by atoms with Crippen molar-refractivity contribution in [2.45, 2.75) is 12.7 Å². The molecule has 17 heavy (non-hydrogen) atoms. The van der Waals surface area contributed by atoms with E-state index in [0.717, 1.165) is 0 Å². The molecule has 0 aromatic heterocycles. The van der Waals surface area contributed by atoms with Crippen molar-refractivity contribution in [2.75, 3.05) is 13.2 Å². The predicted octanol–water partition coefficient (Wildman–Crippen LogP) is 1.13. The molecule has 5 nitrogen and oxygen atoms in total. The molecule has 0 amide bonds. The van der Waals surface area contributed by atoms with Crippen LogP contribution in [0, 0.1) is 0 Å². The van der Waals surface area contributed by atoms with Gasteiger partial charge < -0.3 is 4.74 Å². The zero-order valence-electron chi connectivity index (χ0n) is 7.72. The summed E-state index contributed by atoms with van der Waals surface area (Å²) in [5, 5.41) is 0. The number of carbonyl (C=O) groups excluding carboxylic acids is 2. The number of esters is 2. The van der Waals surface area contributed by atoms with E-state index in [1.807, 2.05) is 0 Å². The zero-order valence-corrected chi connectivity index (χ0v) is 7.72. The summed E-state index contributed by atoms with van der Waals surface area (Å²) in [4.78, 5) is 20.8. The van der Waals surface area contributed by atoms with E-state index in [-0.39, 0.29) is 0 Å². The summed E-state index contributed by atoms with van der Waals surface area (Å²) in [5.41, 5.74) is 0. The van der Waals surface area contributed by atoms with Gasteiger partial charge in [-0.05, 0) is 0 Å². The minimum atomic E-state index is -5.12. The third-order valence-electron chi connectivity index (χ3n) is 0.935. The Kier molecular flexibility index (Phi) is 5.35. The summed E-state index contributed by atoms with van der Waals surface area (Å²) in [7, 11) is 0. The molecule has 0 N–H and O–H groups in total. The van der Waals surface area contributed by atoms with Crippen molar-refractivity contribution in [3.05, 3.63) is 0 Å². The second-order valence-electron chi connectivity index (χ2n) is 2.31. The lowest BCUT2D eigenvalue weighted by Gasteiger charge is -2.08. The fourth-order valence-electron chi connectivity index (χ4n) is 0.467. The van der Waals surface area contributed by atoms with Crippen LogP contribution >= 0.6 is 0 Å². The predicted molar refractivity (Wildman–Crippen MR) is 35.1 cm³/mol. The number of carbonyl (C=O) groups is 2. The first-order chi connectivity index (χ1) is 7.49. The van der Waals surface area contributed by atoms with E-state index in [4.69, 9.17) is 0 Å². The van der Waals surface area contributed by atoms with Crippen LogP contribution in [-0.2, 0) is 23.8 Å².